The Labute approximate surface area is 179 Å². The highest BCUT2D eigenvalue weighted by Crippen LogP contribution is 2.38. The SMILES string of the molecule is CN(C)C(=O)C1(Cc2cccc(-c3ccccc3)c2)CCCN(C(=O)C2CCC2)C1. The van der Waals surface area contributed by atoms with E-state index in [-0.39, 0.29) is 17.7 Å². The summed E-state index contributed by atoms with van der Waals surface area (Å²) in [7, 11) is 3.66. The predicted octanol–water partition coefficient (Wildman–Crippen LogP) is 4.39. The van der Waals surface area contributed by atoms with Crippen LogP contribution in [0.1, 0.15) is 37.7 Å². The van der Waals surface area contributed by atoms with Gasteiger partial charge < -0.3 is 9.80 Å². The Hall–Kier alpha value is -2.62. The number of rotatable bonds is 5. The van der Waals surface area contributed by atoms with E-state index >= 15 is 0 Å². The fraction of sp³-hybridized carbons (Fsp3) is 0.462. The molecule has 0 radical (unpaired) electrons. The van der Waals surface area contributed by atoms with Crippen LogP contribution in [0.3, 0.4) is 0 Å². The van der Waals surface area contributed by atoms with E-state index in [0.29, 0.717) is 13.0 Å². The molecule has 1 saturated carbocycles. The van der Waals surface area contributed by atoms with Gasteiger partial charge in [0.15, 0.2) is 0 Å². The second-order valence-corrected chi connectivity index (χ2v) is 9.21. The number of amides is 2. The van der Waals surface area contributed by atoms with Crippen molar-refractivity contribution in [1.29, 1.82) is 0 Å². The lowest BCUT2D eigenvalue weighted by Crippen LogP contribution is -2.55. The van der Waals surface area contributed by atoms with Gasteiger partial charge in [0.1, 0.15) is 0 Å². The summed E-state index contributed by atoms with van der Waals surface area (Å²) in [6, 6.07) is 18.8. The number of hydrogen-bond acceptors (Lipinski definition) is 2. The zero-order chi connectivity index (χ0) is 21.1. The number of benzene rings is 2. The highest BCUT2D eigenvalue weighted by molar-refractivity contribution is 5.85. The Balaban J connectivity index is 1.61. The van der Waals surface area contributed by atoms with E-state index in [2.05, 4.69) is 36.4 Å². The Morgan fingerprint density at radius 1 is 1.00 bits per heavy atom. The van der Waals surface area contributed by atoms with E-state index in [9.17, 15) is 9.59 Å². The van der Waals surface area contributed by atoms with Gasteiger partial charge in [0, 0.05) is 33.1 Å². The van der Waals surface area contributed by atoms with Crippen molar-refractivity contribution < 1.29 is 9.59 Å². The number of piperidine rings is 1. The molecule has 2 amide bonds. The van der Waals surface area contributed by atoms with Crippen LogP contribution in [0, 0.1) is 11.3 Å². The summed E-state index contributed by atoms with van der Waals surface area (Å²) in [6.45, 7) is 1.32. The fourth-order valence-corrected chi connectivity index (χ4v) is 4.98. The molecule has 1 heterocycles. The molecule has 1 aliphatic heterocycles. The molecule has 4 nitrogen and oxygen atoms in total. The molecule has 2 aromatic rings. The van der Waals surface area contributed by atoms with Gasteiger partial charge in [-0.3, -0.25) is 9.59 Å². The van der Waals surface area contributed by atoms with Crippen molar-refractivity contribution in [2.24, 2.45) is 11.3 Å². The Morgan fingerprint density at radius 2 is 1.73 bits per heavy atom. The van der Waals surface area contributed by atoms with Crippen molar-refractivity contribution in [2.45, 2.75) is 38.5 Å². The minimum Gasteiger partial charge on any atom is -0.348 e. The molecule has 2 aromatic carbocycles. The van der Waals surface area contributed by atoms with Crippen LogP contribution in [0.4, 0.5) is 0 Å². The van der Waals surface area contributed by atoms with Crippen LogP contribution in [0.25, 0.3) is 11.1 Å². The normalized spacial score (nSPS) is 21.7. The van der Waals surface area contributed by atoms with E-state index in [4.69, 9.17) is 0 Å². The van der Waals surface area contributed by atoms with Crippen LogP contribution in [0.2, 0.25) is 0 Å². The molecule has 158 valence electrons. The van der Waals surface area contributed by atoms with Gasteiger partial charge in [-0.05, 0) is 48.8 Å². The van der Waals surface area contributed by atoms with E-state index < -0.39 is 5.41 Å². The van der Waals surface area contributed by atoms with Crippen molar-refractivity contribution in [1.82, 2.24) is 9.80 Å². The maximum absolute atomic E-state index is 13.4. The summed E-state index contributed by atoms with van der Waals surface area (Å²) < 4.78 is 0. The quantitative estimate of drug-likeness (QED) is 0.741. The van der Waals surface area contributed by atoms with Crippen molar-refractivity contribution in [3.05, 3.63) is 60.2 Å². The molecule has 4 heteroatoms. The van der Waals surface area contributed by atoms with Crippen molar-refractivity contribution >= 4 is 11.8 Å². The van der Waals surface area contributed by atoms with Crippen molar-refractivity contribution in [3.63, 3.8) is 0 Å². The summed E-state index contributed by atoms with van der Waals surface area (Å²) >= 11 is 0. The molecule has 0 N–H and O–H groups in total. The Bertz CT molecular complexity index is 904. The second kappa shape index (κ2) is 8.63. The molecule has 30 heavy (non-hydrogen) atoms. The van der Waals surface area contributed by atoms with Crippen molar-refractivity contribution in [2.75, 3.05) is 27.2 Å². The first-order chi connectivity index (χ1) is 14.5. The highest BCUT2D eigenvalue weighted by atomic mass is 16.2. The molecule has 0 aromatic heterocycles. The number of nitrogens with zero attached hydrogens (tertiary/aromatic N) is 2. The van der Waals surface area contributed by atoms with Gasteiger partial charge in [-0.25, -0.2) is 0 Å². The third kappa shape index (κ3) is 4.14. The third-order valence-corrected chi connectivity index (χ3v) is 6.78. The summed E-state index contributed by atoms with van der Waals surface area (Å²) in [6.07, 6.45) is 5.54. The number of carbonyl (C=O) groups is 2. The zero-order valence-electron chi connectivity index (χ0n) is 18.1. The van der Waals surface area contributed by atoms with Gasteiger partial charge in [-0.15, -0.1) is 0 Å². The average molecular weight is 405 g/mol. The van der Waals surface area contributed by atoms with E-state index in [0.717, 1.165) is 44.2 Å². The Kier molecular flexibility index (Phi) is 5.94. The zero-order valence-corrected chi connectivity index (χ0v) is 18.1. The van der Waals surface area contributed by atoms with Gasteiger partial charge in [-0.1, -0.05) is 61.0 Å². The first-order valence-corrected chi connectivity index (χ1v) is 11.1. The molecule has 4 rings (SSSR count). The topological polar surface area (TPSA) is 40.6 Å². The highest BCUT2D eigenvalue weighted by Gasteiger charge is 2.45. The van der Waals surface area contributed by atoms with Gasteiger partial charge in [-0.2, -0.15) is 0 Å². The summed E-state index contributed by atoms with van der Waals surface area (Å²) in [5.74, 6) is 0.574. The van der Waals surface area contributed by atoms with E-state index in [1.54, 1.807) is 4.90 Å². The molecule has 2 aliphatic rings. The standard InChI is InChI=1S/C26H32N2O2/c1-27(2)25(30)26(15-8-16-28(19-26)24(29)22-12-7-13-22)18-20-9-6-14-23(17-20)21-10-4-3-5-11-21/h3-6,9-11,14,17,22H,7-8,12-13,15-16,18-19H2,1-2H3. The Morgan fingerprint density at radius 3 is 2.40 bits per heavy atom. The summed E-state index contributed by atoms with van der Waals surface area (Å²) in [5.41, 5.74) is 2.96. The van der Waals surface area contributed by atoms with Crippen LogP contribution in [-0.4, -0.2) is 48.8 Å². The minimum atomic E-state index is -0.545. The molecule has 1 aliphatic carbocycles. The van der Waals surface area contributed by atoms with Gasteiger partial charge >= 0.3 is 0 Å². The third-order valence-electron chi connectivity index (χ3n) is 6.78. The smallest absolute Gasteiger partial charge is 0.230 e. The van der Waals surface area contributed by atoms with Gasteiger partial charge in [0.2, 0.25) is 11.8 Å². The molecule has 0 bridgehead atoms. The summed E-state index contributed by atoms with van der Waals surface area (Å²) in [5, 5.41) is 0. The largest absolute Gasteiger partial charge is 0.348 e. The average Bonchev–Trinajstić information content (AvgIpc) is 2.73. The molecule has 0 spiro atoms. The van der Waals surface area contributed by atoms with Gasteiger partial charge in [0.25, 0.3) is 0 Å². The first kappa shape index (κ1) is 20.6. The van der Waals surface area contributed by atoms with Crippen LogP contribution in [-0.2, 0) is 16.0 Å². The van der Waals surface area contributed by atoms with Crippen LogP contribution < -0.4 is 0 Å². The fourth-order valence-electron chi connectivity index (χ4n) is 4.98. The lowest BCUT2D eigenvalue weighted by atomic mass is 9.73. The second-order valence-electron chi connectivity index (χ2n) is 9.21. The number of carbonyl (C=O) groups excluding carboxylic acids is 2. The maximum atomic E-state index is 13.4. The maximum Gasteiger partial charge on any atom is 0.230 e. The number of hydrogen-bond donors (Lipinski definition) is 0. The lowest BCUT2D eigenvalue weighted by Gasteiger charge is -2.44. The molecule has 2 fully saturated rings. The molecule has 1 saturated heterocycles. The predicted molar refractivity (Wildman–Crippen MR) is 120 cm³/mol. The van der Waals surface area contributed by atoms with E-state index in [1.165, 1.54) is 11.1 Å². The first-order valence-electron chi connectivity index (χ1n) is 11.1. The van der Waals surface area contributed by atoms with Crippen LogP contribution >= 0.6 is 0 Å². The molecule has 1 unspecified atom stereocenters. The monoisotopic (exact) mass is 404 g/mol. The van der Waals surface area contributed by atoms with Crippen molar-refractivity contribution in [3.8, 4) is 11.1 Å². The molecular formula is C26H32N2O2. The molecular weight excluding hydrogens is 372 g/mol. The van der Waals surface area contributed by atoms with Gasteiger partial charge in [0.05, 0.1) is 5.41 Å². The lowest BCUT2D eigenvalue weighted by molar-refractivity contribution is -0.150. The summed E-state index contributed by atoms with van der Waals surface area (Å²) in [4.78, 5) is 30.0. The number of likely N-dealkylation sites (tertiary alicyclic amines) is 1. The molecule has 1 atom stereocenters. The van der Waals surface area contributed by atoms with Crippen LogP contribution in [0.15, 0.2) is 54.6 Å². The minimum absolute atomic E-state index is 0.138. The van der Waals surface area contributed by atoms with Crippen LogP contribution in [0.5, 0.6) is 0 Å². The van der Waals surface area contributed by atoms with E-state index in [1.807, 2.05) is 37.2 Å².